The quantitative estimate of drug-likeness (QED) is 0.603. The summed E-state index contributed by atoms with van der Waals surface area (Å²) >= 11 is 0. The van der Waals surface area contributed by atoms with E-state index in [-0.39, 0.29) is 5.97 Å². The topological polar surface area (TPSA) is 38.8 Å². The van der Waals surface area contributed by atoms with Crippen molar-refractivity contribution in [3.05, 3.63) is 35.9 Å². The third kappa shape index (κ3) is 2.66. The minimum atomic E-state index is -0.220. The Morgan fingerprint density at radius 1 is 1.42 bits per heavy atom. The summed E-state index contributed by atoms with van der Waals surface area (Å²) in [7, 11) is 0. The number of carbonyl (C=O) groups excluding carboxylic acids is 1. The molecule has 0 aromatic heterocycles. The van der Waals surface area contributed by atoms with Crippen LogP contribution in [0.3, 0.4) is 0 Å². The highest BCUT2D eigenvalue weighted by Crippen LogP contribution is 2.53. The van der Waals surface area contributed by atoms with E-state index in [0.717, 1.165) is 13.0 Å². The van der Waals surface area contributed by atoms with Gasteiger partial charge in [-0.1, -0.05) is 25.1 Å². The third-order valence-electron chi connectivity index (χ3n) is 4.65. The normalized spacial score (nSPS) is 32.5. The van der Waals surface area contributed by atoms with Gasteiger partial charge in [-0.05, 0) is 42.7 Å². The standard InChI is InChI=1S/C16H20O3/c1-16(8-7-13(16)14-11-19-14)9-10-18-15(17)12-5-3-2-4-6-12/h2-6,13-14H,7-11H2,1H3/t13-,14-,16+/m1/s1. The van der Waals surface area contributed by atoms with Crippen molar-refractivity contribution in [3.8, 4) is 0 Å². The minimum absolute atomic E-state index is 0.220. The summed E-state index contributed by atoms with van der Waals surface area (Å²) in [4.78, 5) is 11.8. The average Bonchev–Trinajstić information content (AvgIpc) is 3.22. The van der Waals surface area contributed by atoms with Gasteiger partial charge in [0.05, 0.1) is 24.9 Å². The third-order valence-corrected chi connectivity index (χ3v) is 4.65. The number of hydrogen-bond donors (Lipinski definition) is 0. The molecule has 3 nitrogen and oxygen atoms in total. The summed E-state index contributed by atoms with van der Waals surface area (Å²) in [6, 6.07) is 9.17. The molecule has 1 saturated carbocycles. The van der Waals surface area contributed by atoms with Crippen LogP contribution in [0.25, 0.3) is 0 Å². The zero-order valence-corrected chi connectivity index (χ0v) is 11.3. The molecule has 0 bridgehead atoms. The Hall–Kier alpha value is -1.35. The SMILES string of the molecule is C[C@@]1(CCOC(=O)c2ccccc2)CC[C@@H]1[C@H]1CO1. The molecule has 0 amide bonds. The first kappa shape index (κ1) is 12.7. The molecule has 1 heterocycles. The van der Waals surface area contributed by atoms with E-state index in [0.29, 0.717) is 29.6 Å². The first-order chi connectivity index (χ1) is 9.19. The van der Waals surface area contributed by atoms with E-state index in [1.807, 2.05) is 18.2 Å². The lowest BCUT2D eigenvalue weighted by Crippen LogP contribution is -2.41. The summed E-state index contributed by atoms with van der Waals surface area (Å²) in [6.07, 6.45) is 3.90. The Kier molecular flexibility index (Phi) is 3.31. The summed E-state index contributed by atoms with van der Waals surface area (Å²) < 4.78 is 10.8. The lowest BCUT2D eigenvalue weighted by Gasteiger charge is -2.46. The molecule has 3 rings (SSSR count). The van der Waals surface area contributed by atoms with Gasteiger partial charge in [-0.3, -0.25) is 0 Å². The second-order valence-corrected chi connectivity index (χ2v) is 5.92. The molecule has 2 aliphatic rings. The van der Waals surface area contributed by atoms with Crippen LogP contribution in [0.4, 0.5) is 0 Å². The fraction of sp³-hybridized carbons (Fsp3) is 0.562. The van der Waals surface area contributed by atoms with Gasteiger partial charge >= 0.3 is 5.97 Å². The van der Waals surface area contributed by atoms with Crippen molar-refractivity contribution in [2.75, 3.05) is 13.2 Å². The Balaban J connectivity index is 1.47. The van der Waals surface area contributed by atoms with Crippen molar-refractivity contribution < 1.29 is 14.3 Å². The Morgan fingerprint density at radius 3 is 2.74 bits per heavy atom. The predicted octanol–water partition coefficient (Wildman–Crippen LogP) is 3.05. The van der Waals surface area contributed by atoms with Gasteiger partial charge in [0, 0.05) is 0 Å². The summed E-state index contributed by atoms with van der Waals surface area (Å²) in [5.41, 5.74) is 0.932. The molecule has 19 heavy (non-hydrogen) atoms. The number of esters is 1. The largest absolute Gasteiger partial charge is 0.462 e. The molecule has 0 unspecified atom stereocenters. The number of epoxide rings is 1. The fourth-order valence-electron chi connectivity index (χ4n) is 3.07. The molecule has 3 heteroatoms. The molecule has 2 fully saturated rings. The van der Waals surface area contributed by atoms with Crippen LogP contribution in [-0.4, -0.2) is 25.3 Å². The van der Waals surface area contributed by atoms with Gasteiger partial charge < -0.3 is 9.47 Å². The maximum absolute atomic E-state index is 11.8. The maximum atomic E-state index is 11.8. The van der Waals surface area contributed by atoms with E-state index in [1.54, 1.807) is 12.1 Å². The first-order valence-electron chi connectivity index (χ1n) is 7.03. The summed E-state index contributed by atoms with van der Waals surface area (Å²) in [5, 5.41) is 0. The van der Waals surface area contributed by atoms with Gasteiger partial charge in [0.25, 0.3) is 0 Å². The molecule has 102 valence electrons. The second-order valence-electron chi connectivity index (χ2n) is 5.92. The molecular formula is C16H20O3. The predicted molar refractivity (Wildman–Crippen MR) is 71.9 cm³/mol. The lowest BCUT2D eigenvalue weighted by atomic mass is 9.58. The van der Waals surface area contributed by atoms with Crippen LogP contribution in [0.15, 0.2) is 30.3 Å². The van der Waals surface area contributed by atoms with E-state index >= 15 is 0 Å². The molecule has 1 aromatic rings. The van der Waals surface area contributed by atoms with E-state index in [4.69, 9.17) is 9.47 Å². The molecule has 0 radical (unpaired) electrons. The highest BCUT2D eigenvalue weighted by atomic mass is 16.6. The number of benzene rings is 1. The van der Waals surface area contributed by atoms with Crippen LogP contribution in [0, 0.1) is 11.3 Å². The van der Waals surface area contributed by atoms with Crippen LogP contribution >= 0.6 is 0 Å². The lowest BCUT2D eigenvalue weighted by molar-refractivity contribution is -0.00557. The van der Waals surface area contributed by atoms with E-state index in [2.05, 4.69) is 6.92 Å². The number of hydrogen-bond acceptors (Lipinski definition) is 3. The zero-order chi connectivity index (χ0) is 13.3. The van der Waals surface area contributed by atoms with Gasteiger partial charge in [-0.15, -0.1) is 0 Å². The highest BCUT2D eigenvalue weighted by molar-refractivity contribution is 5.89. The van der Waals surface area contributed by atoms with Gasteiger partial charge in [-0.25, -0.2) is 4.79 Å². The molecule has 1 aliphatic carbocycles. The van der Waals surface area contributed by atoms with Crippen LogP contribution in [-0.2, 0) is 9.47 Å². The van der Waals surface area contributed by atoms with E-state index in [9.17, 15) is 4.79 Å². The molecule has 1 aliphatic heterocycles. The summed E-state index contributed by atoms with van der Waals surface area (Å²) in [6.45, 7) is 3.72. The second kappa shape index (κ2) is 4.97. The Labute approximate surface area is 113 Å². The first-order valence-corrected chi connectivity index (χ1v) is 7.03. The smallest absolute Gasteiger partial charge is 0.338 e. The zero-order valence-electron chi connectivity index (χ0n) is 11.3. The van der Waals surface area contributed by atoms with Crippen LogP contribution in [0.5, 0.6) is 0 Å². The van der Waals surface area contributed by atoms with Crippen molar-refractivity contribution in [1.82, 2.24) is 0 Å². The minimum Gasteiger partial charge on any atom is -0.462 e. The number of rotatable bonds is 5. The highest BCUT2D eigenvalue weighted by Gasteiger charge is 2.50. The Morgan fingerprint density at radius 2 is 2.16 bits per heavy atom. The molecule has 1 aromatic carbocycles. The van der Waals surface area contributed by atoms with Gasteiger partial charge in [0.2, 0.25) is 0 Å². The molecule has 0 spiro atoms. The van der Waals surface area contributed by atoms with Gasteiger partial charge in [-0.2, -0.15) is 0 Å². The van der Waals surface area contributed by atoms with Crippen LogP contribution < -0.4 is 0 Å². The van der Waals surface area contributed by atoms with E-state index in [1.165, 1.54) is 12.8 Å². The van der Waals surface area contributed by atoms with Crippen molar-refractivity contribution in [3.63, 3.8) is 0 Å². The van der Waals surface area contributed by atoms with E-state index < -0.39 is 0 Å². The Bertz CT molecular complexity index is 452. The van der Waals surface area contributed by atoms with Crippen molar-refractivity contribution in [1.29, 1.82) is 0 Å². The van der Waals surface area contributed by atoms with Crippen molar-refractivity contribution >= 4 is 5.97 Å². The van der Waals surface area contributed by atoms with Crippen molar-refractivity contribution in [2.45, 2.75) is 32.3 Å². The van der Waals surface area contributed by atoms with Crippen molar-refractivity contribution in [2.24, 2.45) is 11.3 Å². The fourth-order valence-corrected chi connectivity index (χ4v) is 3.07. The van der Waals surface area contributed by atoms with Crippen LogP contribution in [0.2, 0.25) is 0 Å². The number of ether oxygens (including phenoxy) is 2. The molecule has 1 saturated heterocycles. The van der Waals surface area contributed by atoms with Gasteiger partial charge in [0.1, 0.15) is 0 Å². The average molecular weight is 260 g/mol. The number of carbonyl (C=O) groups is 1. The molecule has 0 N–H and O–H groups in total. The molecule has 3 atom stereocenters. The van der Waals surface area contributed by atoms with Crippen LogP contribution in [0.1, 0.15) is 36.5 Å². The van der Waals surface area contributed by atoms with Gasteiger partial charge in [0.15, 0.2) is 0 Å². The summed E-state index contributed by atoms with van der Waals surface area (Å²) in [5.74, 6) is 0.450. The monoisotopic (exact) mass is 260 g/mol. The molecular weight excluding hydrogens is 240 g/mol. The maximum Gasteiger partial charge on any atom is 0.338 e.